The molecule has 0 unspecified atom stereocenters. The molecule has 2 rings (SSSR count). The third-order valence-electron chi connectivity index (χ3n) is 4.24. The van der Waals surface area contributed by atoms with Gasteiger partial charge < -0.3 is 15.2 Å². The van der Waals surface area contributed by atoms with Crippen LogP contribution in [0.4, 0.5) is 0 Å². The number of rotatable bonds is 11. The van der Waals surface area contributed by atoms with Crippen LogP contribution in [0.3, 0.4) is 0 Å². The number of nitrogens with zero attached hydrogens (tertiary/aromatic N) is 1. The summed E-state index contributed by atoms with van der Waals surface area (Å²) in [6.07, 6.45) is 4.16. The number of thiocarbonyl (C=S) groups is 1. The second-order valence-corrected chi connectivity index (χ2v) is 8.09. The van der Waals surface area contributed by atoms with Crippen LogP contribution in [0.2, 0.25) is 0 Å². The molecule has 1 heterocycles. The smallest absolute Gasteiger partial charge is 0.303 e. The minimum atomic E-state index is -0.807. The lowest BCUT2D eigenvalue weighted by Gasteiger charge is -2.14. The summed E-state index contributed by atoms with van der Waals surface area (Å²) >= 11 is 6.51. The molecule has 1 aromatic carbocycles. The maximum atomic E-state index is 12.6. The summed E-state index contributed by atoms with van der Waals surface area (Å²) in [7, 11) is 1.59. The number of methoxy groups -OCH3 is 1. The standard InChI is InChI=1S/C20H24N2O5S2/c1-27-15-8-6-14(7-9-15)13-16-19(26)22(20(28)29-16)12-10-17(23)21-11-4-2-3-5-18(24)25/h6-9,13H,2-5,10-12H2,1H3,(H,21,23)(H,24,25)/b16-13+. The molecule has 1 saturated heterocycles. The molecule has 0 aliphatic carbocycles. The van der Waals surface area contributed by atoms with Gasteiger partial charge in [-0.05, 0) is 36.6 Å². The lowest BCUT2D eigenvalue weighted by molar-refractivity contribution is -0.137. The van der Waals surface area contributed by atoms with Gasteiger partial charge in [0.1, 0.15) is 10.1 Å². The van der Waals surface area contributed by atoms with E-state index in [0.717, 1.165) is 24.2 Å². The predicted molar refractivity (Wildman–Crippen MR) is 117 cm³/mol. The van der Waals surface area contributed by atoms with Crippen molar-refractivity contribution in [2.45, 2.75) is 32.1 Å². The number of carbonyl (C=O) groups excluding carboxylic acids is 2. The van der Waals surface area contributed by atoms with Crippen LogP contribution in [-0.4, -0.2) is 52.3 Å². The van der Waals surface area contributed by atoms with Gasteiger partial charge in [0.25, 0.3) is 5.91 Å². The number of ether oxygens (including phenoxy) is 1. The van der Waals surface area contributed by atoms with Gasteiger partial charge in [-0.2, -0.15) is 0 Å². The predicted octanol–water partition coefficient (Wildman–Crippen LogP) is 3.05. The van der Waals surface area contributed by atoms with Crippen molar-refractivity contribution in [3.05, 3.63) is 34.7 Å². The molecular weight excluding hydrogens is 412 g/mol. The Bertz CT molecular complexity index is 793. The maximum Gasteiger partial charge on any atom is 0.303 e. The molecule has 1 aliphatic rings. The maximum absolute atomic E-state index is 12.6. The normalized spacial score (nSPS) is 15.1. The number of unbranched alkanes of at least 4 members (excludes halogenated alkanes) is 2. The summed E-state index contributed by atoms with van der Waals surface area (Å²) in [5.74, 6) is -0.421. The summed E-state index contributed by atoms with van der Waals surface area (Å²) in [6.45, 7) is 0.726. The number of amides is 2. The Hall–Kier alpha value is -2.39. The molecule has 1 aromatic rings. The van der Waals surface area contributed by atoms with Gasteiger partial charge in [0.05, 0.1) is 12.0 Å². The van der Waals surface area contributed by atoms with Gasteiger partial charge in [0.15, 0.2) is 0 Å². The van der Waals surface area contributed by atoms with Crippen molar-refractivity contribution in [2.24, 2.45) is 0 Å². The number of aliphatic carboxylic acids is 1. The number of hydrogen-bond donors (Lipinski definition) is 2. The van der Waals surface area contributed by atoms with E-state index in [9.17, 15) is 14.4 Å². The molecule has 0 atom stereocenters. The number of carboxylic acid groups (broad SMARTS) is 1. The van der Waals surface area contributed by atoms with Gasteiger partial charge in [0.2, 0.25) is 5.91 Å². The lowest BCUT2D eigenvalue weighted by atomic mass is 10.2. The van der Waals surface area contributed by atoms with E-state index in [1.807, 2.05) is 24.3 Å². The fourth-order valence-corrected chi connectivity index (χ4v) is 3.96. The number of nitrogens with one attached hydrogen (secondary N) is 1. The molecule has 1 aliphatic heterocycles. The molecule has 7 nitrogen and oxygen atoms in total. The van der Waals surface area contributed by atoms with E-state index in [1.165, 1.54) is 16.7 Å². The average Bonchev–Trinajstić information content (AvgIpc) is 2.96. The molecule has 29 heavy (non-hydrogen) atoms. The Morgan fingerprint density at radius 1 is 1.21 bits per heavy atom. The lowest BCUT2D eigenvalue weighted by Crippen LogP contribution is -2.33. The van der Waals surface area contributed by atoms with Crippen molar-refractivity contribution in [3.63, 3.8) is 0 Å². The fraction of sp³-hybridized carbons (Fsp3) is 0.400. The van der Waals surface area contributed by atoms with E-state index < -0.39 is 5.97 Å². The molecule has 1 fully saturated rings. The minimum Gasteiger partial charge on any atom is -0.497 e. The Kier molecular flexibility index (Phi) is 9.14. The van der Waals surface area contributed by atoms with Crippen molar-refractivity contribution in [3.8, 4) is 5.75 Å². The Labute approximate surface area is 179 Å². The second-order valence-electron chi connectivity index (χ2n) is 6.41. The summed E-state index contributed by atoms with van der Waals surface area (Å²) in [4.78, 5) is 37.0. The monoisotopic (exact) mass is 436 g/mol. The third-order valence-corrected chi connectivity index (χ3v) is 5.62. The molecule has 0 aromatic heterocycles. The van der Waals surface area contributed by atoms with Crippen molar-refractivity contribution < 1.29 is 24.2 Å². The topological polar surface area (TPSA) is 95.9 Å². The molecular formula is C20H24N2O5S2. The summed E-state index contributed by atoms with van der Waals surface area (Å²) < 4.78 is 5.56. The van der Waals surface area contributed by atoms with E-state index in [-0.39, 0.29) is 31.2 Å². The summed E-state index contributed by atoms with van der Waals surface area (Å²) in [5, 5.41) is 11.4. The zero-order valence-electron chi connectivity index (χ0n) is 16.2. The van der Waals surface area contributed by atoms with Crippen LogP contribution in [0.1, 0.15) is 37.7 Å². The van der Waals surface area contributed by atoms with Crippen LogP contribution in [0, 0.1) is 0 Å². The molecule has 0 spiro atoms. The van der Waals surface area contributed by atoms with Crippen LogP contribution < -0.4 is 10.1 Å². The van der Waals surface area contributed by atoms with Gasteiger partial charge in [-0.15, -0.1) is 0 Å². The van der Waals surface area contributed by atoms with Crippen LogP contribution >= 0.6 is 24.0 Å². The van der Waals surface area contributed by atoms with Gasteiger partial charge in [0, 0.05) is 25.9 Å². The zero-order chi connectivity index (χ0) is 21.2. The fourth-order valence-electron chi connectivity index (χ4n) is 2.65. The highest BCUT2D eigenvalue weighted by atomic mass is 32.2. The highest BCUT2D eigenvalue weighted by Crippen LogP contribution is 2.32. The van der Waals surface area contributed by atoms with Crippen LogP contribution in [0.15, 0.2) is 29.2 Å². The van der Waals surface area contributed by atoms with E-state index >= 15 is 0 Å². The Morgan fingerprint density at radius 2 is 1.93 bits per heavy atom. The molecule has 0 saturated carbocycles. The first-order valence-corrected chi connectivity index (χ1v) is 10.5. The zero-order valence-corrected chi connectivity index (χ0v) is 17.8. The average molecular weight is 437 g/mol. The number of hydrogen-bond acceptors (Lipinski definition) is 6. The van der Waals surface area contributed by atoms with E-state index in [4.69, 9.17) is 22.1 Å². The molecule has 9 heteroatoms. The summed E-state index contributed by atoms with van der Waals surface area (Å²) in [6, 6.07) is 7.35. The Morgan fingerprint density at radius 3 is 2.59 bits per heavy atom. The van der Waals surface area contributed by atoms with E-state index in [1.54, 1.807) is 13.2 Å². The minimum absolute atomic E-state index is 0.145. The quantitative estimate of drug-likeness (QED) is 0.313. The highest BCUT2D eigenvalue weighted by Gasteiger charge is 2.32. The molecule has 2 amide bonds. The summed E-state index contributed by atoms with van der Waals surface area (Å²) in [5.41, 5.74) is 0.868. The van der Waals surface area contributed by atoms with E-state index in [0.29, 0.717) is 22.2 Å². The first-order valence-electron chi connectivity index (χ1n) is 9.28. The van der Waals surface area contributed by atoms with Gasteiger partial charge in [-0.1, -0.05) is 42.5 Å². The number of benzene rings is 1. The first-order chi connectivity index (χ1) is 13.9. The van der Waals surface area contributed by atoms with Gasteiger partial charge in [-0.25, -0.2) is 0 Å². The molecule has 0 bridgehead atoms. The van der Waals surface area contributed by atoms with Crippen LogP contribution in [0.5, 0.6) is 5.75 Å². The second kappa shape index (κ2) is 11.6. The SMILES string of the molecule is COc1ccc(/C=C2/SC(=S)N(CCC(=O)NCCCCCC(=O)O)C2=O)cc1. The van der Waals surface area contributed by atoms with Crippen molar-refractivity contribution in [2.75, 3.05) is 20.2 Å². The number of carboxylic acids is 1. The number of thioether (sulfide) groups is 1. The van der Waals surface area contributed by atoms with Gasteiger partial charge in [-0.3, -0.25) is 19.3 Å². The Balaban J connectivity index is 1.77. The molecule has 156 valence electrons. The van der Waals surface area contributed by atoms with Crippen LogP contribution in [-0.2, 0) is 14.4 Å². The first kappa shape index (κ1) is 22.9. The number of carbonyl (C=O) groups is 3. The van der Waals surface area contributed by atoms with E-state index in [2.05, 4.69) is 5.32 Å². The van der Waals surface area contributed by atoms with Crippen molar-refractivity contribution in [1.29, 1.82) is 0 Å². The van der Waals surface area contributed by atoms with Crippen LogP contribution in [0.25, 0.3) is 6.08 Å². The molecule has 2 N–H and O–H groups in total. The van der Waals surface area contributed by atoms with Crippen molar-refractivity contribution >= 4 is 52.2 Å². The third kappa shape index (κ3) is 7.51. The largest absolute Gasteiger partial charge is 0.497 e. The van der Waals surface area contributed by atoms with Gasteiger partial charge >= 0.3 is 5.97 Å². The highest BCUT2D eigenvalue weighted by molar-refractivity contribution is 8.26. The van der Waals surface area contributed by atoms with Crippen molar-refractivity contribution in [1.82, 2.24) is 10.2 Å². The molecule has 0 radical (unpaired) electrons.